The summed E-state index contributed by atoms with van der Waals surface area (Å²) in [7, 11) is 2.48. The second-order valence-electron chi connectivity index (χ2n) is 36.0. The number of hydrogen-bond acceptors (Lipinski definition) is 26. The van der Waals surface area contributed by atoms with E-state index in [1.165, 1.54) is 49.1 Å². The third kappa shape index (κ3) is 29.6. The Kier molecular flexibility index (Phi) is 39.1. The molecule has 15 atom stereocenters. The molecule has 0 saturated carbocycles. The third-order valence-corrected chi connectivity index (χ3v) is 26.8. The molecule has 4 fully saturated rings. The molecule has 2 aromatic heterocycles. The maximum absolute atomic E-state index is 16.2. The molecule has 0 aliphatic carbocycles. The van der Waals surface area contributed by atoms with E-state index in [1.807, 2.05) is 0 Å². The monoisotopic (exact) mass is 2020 g/mol. The first-order chi connectivity index (χ1) is 68.8. The maximum atomic E-state index is 16.2. The van der Waals surface area contributed by atoms with E-state index in [1.54, 1.807) is 91.1 Å². The molecule has 47 nitrogen and oxygen atoms in total. The highest BCUT2D eigenvalue weighted by atomic mass is 32.2. The molecule has 4 aromatic carbocycles. The lowest BCUT2D eigenvalue weighted by molar-refractivity contribution is -0.149. The summed E-state index contributed by atoms with van der Waals surface area (Å²) in [5.74, 6) is -23.8. The minimum Gasteiger partial charge on any atom is -0.508 e. The molecule has 0 radical (unpaired) electrons. The standard InChI is InChI=1S/C96H122N20O27S/c1-111-74-19-5-3-4-12-37-143-58-27-23-53(24-28-58)39-75(112(2)96(74)142)90(136)104-62(29-31-79(121)122)84(130)110-70(83(129)101-46-77(99)119)50-144-51-78(120)102-66(38-52-21-25-56(117)26-22-52)94(140)114-35-11-10-18-72(114)88(134)108-68(43-81(125)126)95(141)115-36-13-20-73(115)89(135)109-69(44-98)87(133)105-64(30-32-80(123)124)93(139)116-48-57(118)42-76(116)91(137)106-65(40-54-45-100-61-16-8-6-14-59(54)61)86(132)103-63(33-34-97)85(131)107-67(92(111)138)41-55-47-113(49-82(127)128)71-17-9-7-15-60(55)71/h4,6-9,12,14-17,21-28,45,47,57,62-70,72-76,100,117-118H,3,5,10-11,13,18-20,29-44,46,48-51,97-98H2,1-2H3,(H2,99,119)(H,101,129)(H,102,120)(H,103,132)(H,104,136)(H,105,133)(H,106,137)(H,107,131)(H,108,134)(H,109,135)(H,110,130)(H,121,122)(H,123,124)(H,125,126)(H,127,128)/t57-,62+,63+,64+,65+,66+,67+,68+,69+,70+,72-,73+,74+,75+,76+/m1/s1. The fourth-order valence-electron chi connectivity index (χ4n) is 18.3. The molecule has 6 aliphatic rings. The highest BCUT2D eigenvalue weighted by molar-refractivity contribution is 8.00. The number of nitrogens with two attached hydrogens (primary N) is 3. The number of primary amides is 1. The number of allylic oxidation sites excluding steroid dienone is 1. The highest BCUT2D eigenvalue weighted by Crippen LogP contribution is 2.30. The predicted octanol–water partition coefficient (Wildman–Crippen LogP) is -3.49. The average molecular weight is 2020 g/mol. The number of nitrogens with zero attached hydrogens (tertiary/aromatic N) is 6. The van der Waals surface area contributed by atoms with Crippen LogP contribution in [0.3, 0.4) is 0 Å². The zero-order chi connectivity index (χ0) is 104. The van der Waals surface area contributed by atoms with E-state index in [9.17, 15) is 83.4 Å². The van der Waals surface area contributed by atoms with Gasteiger partial charge in [-0.05, 0) is 136 Å². The summed E-state index contributed by atoms with van der Waals surface area (Å²) in [6.45, 7) is -3.44. The smallest absolute Gasteiger partial charge is 0.323 e. The number of carbonyl (C=O) groups is 20. The van der Waals surface area contributed by atoms with Gasteiger partial charge in [-0.2, -0.15) is 0 Å². The molecule has 0 unspecified atom stereocenters. The van der Waals surface area contributed by atoms with E-state index in [2.05, 4.69) is 58.2 Å². The number of rotatable bonds is 22. The van der Waals surface area contributed by atoms with Crippen molar-refractivity contribution in [2.75, 3.05) is 71.5 Å². The SMILES string of the molecule is CN1C(=O)[C@H](Cc2cn(CC(=O)O)c3ccccc23)NC(=O)[C@H](CCN)NC(=O)[C@H](Cc2c[nH]c3ccccc23)NC(=O)[C@@H]2C[C@@H](O)CN2C(=O)[C@H](CCC(=O)O)NC(=O)[C@H](CN)NC(=O)[C@@H]2CCCN2C(=O)[C@H](CC(=O)O)NC(=O)[C@H]2CCCCN2C(=O)[C@H](Cc2ccc(O)cc2)NC(=O)CSC[C@@H](C(=O)NCC(N)=O)NC(=O)[C@H](CCC(=O)O)NC(=O)[C@@H]2Cc3ccc(cc3)OCC=CCCC[C@H]1C(=O)N2C. The van der Waals surface area contributed by atoms with Crippen LogP contribution in [0.1, 0.15) is 119 Å². The number of ether oxygens (including phenoxy) is 1. The fraction of sp³-hybridized carbons (Fsp3) is 0.479. The Bertz CT molecular complexity index is 5780. The van der Waals surface area contributed by atoms with Gasteiger partial charge in [0, 0.05) is 125 Å². The number of aliphatic hydroxyl groups excluding tert-OH is 1. The summed E-state index contributed by atoms with van der Waals surface area (Å²) in [5, 5.41) is 88.9. The fourth-order valence-corrected chi connectivity index (χ4v) is 19.1. The van der Waals surface area contributed by atoms with Crippen LogP contribution >= 0.6 is 11.8 Å². The molecular formula is C96H122N20O27S. The van der Waals surface area contributed by atoms with Crippen molar-refractivity contribution in [2.45, 2.75) is 219 Å². The number of carboxylic acids is 4. The molecule has 144 heavy (non-hydrogen) atoms. The first-order valence-electron chi connectivity index (χ1n) is 47.3. The van der Waals surface area contributed by atoms with Gasteiger partial charge in [0.25, 0.3) is 0 Å². The Hall–Kier alpha value is -15.1. The molecule has 0 spiro atoms. The van der Waals surface area contributed by atoms with E-state index in [-0.39, 0.29) is 102 Å². The number of aliphatic hydroxyl groups is 1. The number of amides is 16. The summed E-state index contributed by atoms with van der Waals surface area (Å²) in [4.78, 5) is 298. The first kappa shape index (κ1) is 109. The number of phenols is 1. The van der Waals surface area contributed by atoms with E-state index in [0.29, 0.717) is 62.4 Å². The number of benzene rings is 4. The van der Waals surface area contributed by atoms with Crippen LogP contribution < -0.4 is 75.1 Å². The van der Waals surface area contributed by atoms with E-state index in [4.69, 9.17) is 21.9 Å². The van der Waals surface area contributed by atoms with Crippen molar-refractivity contribution in [1.82, 2.24) is 87.2 Å². The Morgan fingerprint density at radius 1 is 0.500 bits per heavy atom. The largest absolute Gasteiger partial charge is 0.508 e. The average Bonchev–Trinajstić information content (AvgIpc) is 1.62. The summed E-state index contributed by atoms with van der Waals surface area (Å²) >= 11 is 0.678. The van der Waals surface area contributed by atoms with E-state index < -0.39 is 298 Å². The van der Waals surface area contributed by atoms with Crippen molar-refractivity contribution in [1.29, 1.82) is 0 Å². The number of carboxylic acid groups (broad SMARTS) is 4. The highest BCUT2D eigenvalue weighted by Gasteiger charge is 2.48. The molecule has 6 aromatic rings. The van der Waals surface area contributed by atoms with Crippen LogP contribution in [0.15, 0.2) is 122 Å². The summed E-state index contributed by atoms with van der Waals surface area (Å²) in [6.07, 6.45) is -1.02. The number of aliphatic carboxylic acids is 4. The number of H-pyrrole nitrogens is 1. The minimum atomic E-state index is -1.95. The quantitative estimate of drug-likeness (QED) is 0.0293. The van der Waals surface area contributed by atoms with Crippen molar-refractivity contribution < 1.29 is 131 Å². The van der Waals surface area contributed by atoms with Gasteiger partial charge in [-0.25, -0.2) is 0 Å². The Morgan fingerprint density at radius 2 is 1.05 bits per heavy atom. The number of nitrogens with one attached hydrogen (secondary N) is 11. The number of aromatic nitrogens is 2. The van der Waals surface area contributed by atoms with Crippen molar-refractivity contribution >= 4 is 152 Å². The van der Waals surface area contributed by atoms with Gasteiger partial charge < -0.3 is 140 Å². The van der Waals surface area contributed by atoms with Crippen molar-refractivity contribution in [3.05, 3.63) is 144 Å². The first-order valence-corrected chi connectivity index (χ1v) is 48.5. The topological polar surface area (TPSA) is 707 Å². The molecular weight excluding hydrogens is 1900 g/mol. The number of thioether (sulfide) groups is 1. The summed E-state index contributed by atoms with van der Waals surface area (Å²) in [6, 6.07) is 0.972. The maximum Gasteiger partial charge on any atom is 0.323 e. The number of aromatic amines is 1. The van der Waals surface area contributed by atoms with Crippen LogP contribution in [-0.4, -0.2) is 345 Å². The van der Waals surface area contributed by atoms with Crippen LogP contribution in [0.25, 0.3) is 21.8 Å². The second-order valence-corrected chi connectivity index (χ2v) is 37.1. The number of aromatic hydroxyl groups is 1. The van der Waals surface area contributed by atoms with Gasteiger partial charge in [-0.3, -0.25) is 95.9 Å². The van der Waals surface area contributed by atoms with Crippen molar-refractivity contribution in [2.24, 2.45) is 17.2 Å². The van der Waals surface area contributed by atoms with Crippen LogP contribution in [0.5, 0.6) is 11.5 Å². The van der Waals surface area contributed by atoms with Crippen LogP contribution in [0.2, 0.25) is 0 Å². The molecule has 48 heteroatoms. The second kappa shape index (κ2) is 51.6. The van der Waals surface area contributed by atoms with Crippen LogP contribution in [-0.2, 0) is 128 Å². The van der Waals surface area contributed by atoms with Gasteiger partial charge >= 0.3 is 23.9 Å². The lowest BCUT2D eigenvalue weighted by atomic mass is 9.97. The van der Waals surface area contributed by atoms with Gasteiger partial charge in [0.05, 0.1) is 24.8 Å². The van der Waals surface area contributed by atoms with Gasteiger partial charge in [0.1, 0.15) is 109 Å². The van der Waals surface area contributed by atoms with Gasteiger partial charge in [-0.15, -0.1) is 11.8 Å². The molecule has 4 bridgehead atoms. The number of piperidine rings is 1. The molecule has 6 aliphatic heterocycles. The molecule has 23 N–H and O–H groups in total. The minimum absolute atomic E-state index is 0.0590. The molecule has 774 valence electrons. The van der Waals surface area contributed by atoms with Gasteiger partial charge in [0.2, 0.25) is 94.5 Å². The number of carbonyl (C=O) groups excluding carboxylic acids is 16. The third-order valence-electron chi connectivity index (χ3n) is 25.8. The number of hydrogen-bond donors (Lipinski definition) is 20. The van der Waals surface area contributed by atoms with E-state index >= 15 is 43.2 Å². The lowest BCUT2D eigenvalue weighted by Crippen LogP contribution is -2.62. The van der Waals surface area contributed by atoms with Crippen molar-refractivity contribution in [3.8, 4) is 11.5 Å². The Balaban J connectivity index is 0.987. The Morgan fingerprint density at radius 3 is 1.72 bits per heavy atom. The van der Waals surface area contributed by atoms with Crippen LogP contribution in [0.4, 0.5) is 0 Å². The molecule has 8 heterocycles. The molecule has 16 amide bonds. The van der Waals surface area contributed by atoms with E-state index in [0.717, 1.165) is 24.5 Å². The predicted molar refractivity (Wildman–Crippen MR) is 515 cm³/mol. The summed E-state index contributed by atoms with van der Waals surface area (Å²) in [5.41, 5.74) is 20.2. The van der Waals surface area contributed by atoms with Gasteiger partial charge in [-0.1, -0.05) is 72.8 Å². The summed E-state index contributed by atoms with van der Waals surface area (Å²) < 4.78 is 7.37. The number of phenolic OH excluding ortho intramolecular Hbond substituents is 1. The number of fused-ring (bicyclic) bond motifs is 12. The zero-order valence-corrected chi connectivity index (χ0v) is 80.1. The van der Waals surface area contributed by atoms with Crippen LogP contribution in [0, 0.1) is 0 Å². The number of para-hydroxylation sites is 2. The van der Waals surface area contributed by atoms with Crippen molar-refractivity contribution in [3.63, 3.8) is 0 Å². The molecule has 12 rings (SSSR count). The molecule has 4 saturated heterocycles. The van der Waals surface area contributed by atoms with Gasteiger partial charge in [0.15, 0.2) is 0 Å². The lowest BCUT2D eigenvalue weighted by Gasteiger charge is -2.38. The normalized spacial score (nSPS) is 25.0. The number of likely N-dealkylation sites (N-methyl/N-ethyl adjacent to an activating group) is 2. The Labute approximate surface area is 829 Å². The zero-order valence-electron chi connectivity index (χ0n) is 79.3.